The molecule has 0 amide bonds. The maximum Gasteiger partial charge on any atom is 0.252 e. The molecule has 0 spiro atoms. The molecular weight excluding hydrogens is 870 g/mol. The number of benzene rings is 11. The molecule has 0 aromatic heterocycles. The van der Waals surface area contributed by atoms with Crippen LogP contribution in [0.25, 0.3) is 44.2 Å². The Kier molecular flexibility index (Phi) is 10.5. The first kappa shape index (κ1) is 43.2. The zero-order valence-corrected chi connectivity index (χ0v) is 40.7. The Labute approximate surface area is 423 Å². The summed E-state index contributed by atoms with van der Waals surface area (Å²) in [4.78, 5) is 7.47. The Balaban J connectivity index is 1.09. The van der Waals surface area contributed by atoms with Gasteiger partial charge in [-0.25, -0.2) is 0 Å². The third-order valence-electron chi connectivity index (χ3n) is 14.8. The van der Waals surface area contributed by atoms with Crippen molar-refractivity contribution in [2.75, 3.05) is 14.7 Å². The Hall–Kier alpha value is -8.86. The number of hydrogen-bond acceptors (Lipinski definition) is 3. The predicted molar refractivity (Wildman–Crippen MR) is 308 cm³/mol. The fourth-order valence-corrected chi connectivity index (χ4v) is 11.3. The lowest BCUT2D eigenvalue weighted by Crippen LogP contribution is -2.61. The van der Waals surface area contributed by atoms with Crippen LogP contribution in [0.3, 0.4) is 0 Å². The standard InChI is InChI=1S/C68H52BN3/c1-68(2,3)54-35-37-57(38-36-54)71-64-29-18-30-65-67(64)69(60-40-39-58(46-66(60)71)70(55-25-12-6-13-26-55)56-27-14-7-15-28-56)61-45-52(48-21-10-5-11-22-48)34-42-63(61)72(65)62-41-33-51(47-19-8-4-9-20-47)44-59(62)53-32-31-49-23-16-17-24-50(49)43-53/h4-46H,1-3H3. The van der Waals surface area contributed by atoms with Gasteiger partial charge in [0.2, 0.25) is 0 Å². The number of hydrogen-bond donors (Lipinski definition) is 0. The molecule has 13 rings (SSSR count). The van der Waals surface area contributed by atoms with Crippen LogP contribution in [0.1, 0.15) is 26.3 Å². The predicted octanol–water partition coefficient (Wildman–Crippen LogP) is 16.7. The highest BCUT2D eigenvalue weighted by Gasteiger charge is 2.44. The molecule has 0 saturated carbocycles. The van der Waals surface area contributed by atoms with Crippen LogP contribution >= 0.6 is 0 Å². The molecule has 0 bridgehead atoms. The van der Waals surface area contributed by atoms with Gasteiger partial charge in [-0.05, 0) is 151 Å². The third kappa shape index (κ3) is 7.46. The molecule has 0 N–H and O–H groups in total. The van der Waals surface area contributed by atoms with E-state index in [1.165, 1.54) is 83.2 Å². The molecular formula is C68H52BN3. The fraction of sp³-hybridized carbons (Fsp3) is 0.0588. The molecule has 3 nitrogen and oxygen atoms in total. The van der Waals surface area contributed by atoms with E-state index >= 15 is 0 Å². The second-order valence-corrected chi connectivity index (χ2v) is 20.2. The van der Waals surface area contributed by atoms with Gasteiger partial charge in [0.1, 0.15) is 0 Å². The number of para-hydroxylation sites is 2. The topological polar surface area (TPSA) is 9.72 Å². The van der Waals surface area contributed by atoms with Gasteiger partial charge in [0.05, 0.1) is 5.69 Å². The second-order valence-electron chi connectivity index (χ2n) is 20.2. The van der Waals surface area contributed by atoms with Crippen LogP contribution in [0.4, 0.5) is 51.2 Å². The van der Waals surface area contributed by atoms with E-state index in [1.807, 2.05) is 0 Å². The second kappa shape index (κ2) is 17.5. The first-order chi connectivity index (χ1) is 35.4. The van der Waals surface area contributed by atoms with E-state index in [9.17, 15) is 0 Å². The summed E-state index contributed by atoms with van der Waals surface area (Å²) in [5.41, 5.74) is 22.5. The quantitative estimate of drug-likeness (QED) is 0.141. The lowest BCUT2D eigenvalue weighted by Gasteiger charge is -2.45. The zero-order chi connectivity index (χ0) is 48.3. The molecule has 0 fully saturated rings. The van der Waals surface area contributed by atoms with Crippen LogP contribution in [0.15, 0.2) is 261 Å². The molecule has 0 aliphatic carbocycles. The van der Waals surface area contributed by atoms with Crippen LogP contribution in [-0.2, 0) is 5.41 Å². The average Bonchev–Trinajstić information content (AvgIpc) is 3.43. The van der Waals surface area contributed by atoms with Crippen molar-refractivity contribution >= 4 is 85.1 Å². The highest BCUT2D eigenvalue weighted by molar-refractivity contribution is 7.00. The lowest BCUT2D eigenvalue weighted by atomic mass is 9.33. The highest BCUT2D eigenvalue weighted by Crippen LogP contribution is 2.49. The number of fused-ring (bicyclic) bond motifs is 5. The number of anilines is 9. The van der Waals surface area contributed by atoms with E-state index in [2.05, 4.69) is 296 Å². The van der Waals surface area contributed by atoms with E-state index < -0.39 is 0 Å². The molecule has 11 aromatic rings. The summed E-state index contributed by atoms with van der Waals surface area (Å²) in [6.45, 7) is 6.80. The molecule has 2 heterocycles. The van der Waals surface area contributed by atoms with Crippen LogP contribution in [0, 0.1) is 0 Å². The number of rotatable bonds is 8. The SMILES string of the molecule is CC(C)(C)c1ccc(N2c3cc(N(c4ccccc4)c4ccccc4)ccc3B3c4cc(-c5ccccc5)ccc4N(c4ccc(-c5ccccc5)cc4-c4ccc5ccccc5c4)c4cccc2c43)cc1. The van der Waals surface area contributed by atoms with Gasteiger partial charge < -0.3 is 14.7 Å². The molecule has 0 saturated heterocycles. The Morgan fingerprint density at radius 2 is 0.889 bits per heavy atom. The van der Waals surface area contributed by atoms with Crippen molar-refractivity contribution in [1.29, 1.82) is 0 Å². The first-order valence-electron chi connectivity index (χ1n) is 25.1. The van der Waals surface area contributed by atoms with Crippen molar-refractivity contribution in [2.24, 2.45) is 0 Å². The molecule has 0 unspecified atom stereocenters. The average molecular weight is 922 g/mol. The maximum absolute atomic E-state index is 2.56. The van der Waals surface area contributed by atoms with Crippen molar-refractivity contribution in [2.45, 2.75) is 26.2 Å². The van der Waals surface area contributed by atoms with Gasteiger partial charge in [0.15, 0.2) is 0 Å². The Morgan fingerprint density at radius 1 is 0.333 bits per heavy atom. The van der Waals surface area contributed by atoms with Gasteiger partial charge in [-0.1, -0.05) is 197 Å². The molecule has 0 atom stereocenters. The van der Waals surface area contributed by atoms with E-state index in [0.29, 0.717) is 0 Å². The Bertz CT molecular complexity index is 3750. The summed E-state index contributed by atoms with van der Waals surface area (Å²) in [5, 5.41) is 2.45. The smallest absolute Gasteiger partial charge is 0.252 e. The summed E-state index contributed by atoms with van der Waals surface area (Å²) >= 11 is 0. The molecule has 11 aromatic carbocycles. The summed E-state index contributed by atoms with van der Waals surface area (Å²) in [6, 6.07) is 96.4. The lowest BCUT2D eigenvalue weighted by molar-refractivity contribution is 0.590. The van der Waals surface area contributed by atoms with Crippen LogP contribution in [-0.4, -0.2) is 6.71 Å². The van der Waals surface area contributed by atoms with Crippen LogP contribution in [0.5, 0.6) is 0 Å². The van der Waals surface area contributed by atoms with Gasteiger partial charge in [-0.15, -0.1) is 0 Å². The first-order valence-corrected chi connectivity index (χ1v) is 25.1. The van der Waals surface area contributed by atoms with Crippen molar-refractivity contribution in [3.05, 3.63) is 266 Å². The minimum Gasteiger partial charge on any atom is -0.311 e. The molecule has 4 heteroatoms. The van der Waals surface area contributed by atoms with E-state index in [-0.39, 0.29) is 12.1 Å². The molecule has 72 heavy (non-hydrogen) atoms. The highest BCUT2D eigenvalue weighted by atomic mass is 15.2. The van der Waals surface area contributed by atoms with Gasteiger partial charge in [0.25, 0.3) is 6.71 Å². The van der Waals surface area contributed by atoms with E-state index in [4.69, 9.17) is 0 Å². The Morgan fingerprint density at radius 3 is 1.53 bits per heavy atom. The molecule has 2 aliphatic rings. The fourth-order valence-electron chi connectivity index (χ4n) is 11.3. The van der Waals surface area contributed by atoms with Gasteiger partial charge in [-0.2, -0.15) is 0 Å². The van der Waals surface area contributed by atoms with Gasteiger partial charge in [-0.3, -0.25) is 0 Å². The van der Waals surface area contributed by atoms with Gasteiger partial charge in [0, 0.05) is 51.1 Å². The van der Waals surface area contributed by atoms with Crippen LogP contribution < -0.4 is 31.1 Å². The summed E-state index contributed by atoms with van der Waals surface area (Å²) in [5.74, 6) is 0. The monoisotopic (exact) mass is 921 g/mol. The summed E-state index contributed by atoms with van der Waals surface area (Å²) in [6.07, 6.45) is 0. The normalized spacial score (nSPS) is 12.6. The summed E-state index contributed by atoms with van der Waals surface area (Å²) in [7, 11) is 0. The van der Waals surface area contributed by atoms with Crippen LogP contribution in [0.2, 0.25) is 0 Å². The number of nitrogens with zero attached hydrogens (tertiary/aromatic N) is 3. The molecule has 2 aliphatic heterocycles. The van der Waals surface area contributed by atoms with E-state index in [0.717, 1.165) is 34.1 Å². The minimum absolute atomic E-state index is 0.00780. The largest absolute Gasteiger partial charge is 0.311 e. The van der Waals surface area contributed by atoms with Crippen molar-refractivity contribution in [1.82, 2.24) is 0 Å². The van der Waals surface area contributed by atoms with Crippen molar-refractivity contribution < 1.29 is 0 Å². The molecule has 342 valence electrons. The van der Waals surface area contributed by atoms with Crippen molar-refractivity contribution in [3.63, 3.8) is 0 Å². The molecule has 0 radical (unpaired) electrons. The minimum atomic E-state index is -0.0742. The van der Waals surface area contributed by atoms with E-state index in [1.54, 1.807) is 0 Å². The summed E-state index contributed by atoms with van der Waals surface area (Å²) < 4.78 is 0. The third-order valence-corrected chi connectivity index (χ3v) is 14.8. The van der Waals surface area contributed by atoms with Crippen molar-refractivity contribution in [3.8, 4) is 33.4 Å². The maximum atomic E-state index is 2.56. The zero-order valence-electron chi connectivity index (χ0n) is 40.7. The van der Waals surface area contributed by atoms with Gasteiger partial charge >= 0.3 is 0 Å².